The standard InChI is InChI=1S/C25H19ClN4O2S/c26-19-12-14-20(15-13-19)30-24(32)21-10-4-5-11-22(21)28-25(30)33-17-23(31)29-27-16-6-9-18-7-2-1-3-8-18/h1-16H,17H2,(H,29,31)/b9-6+,27-16-. The molecule has 0 saturated heterocycles. The van der Waals surface area contributed by atoms with Crippen LogP contribution in [0.4, 0.5) is 0 Å². The number of nitrogens with one attached hydrogen (secondary N) is 1. The zero-order valence-electron chi connectivity index (χ0n) is 17.4. The second kappa shape index (κ2) is 10.8. The summed E-state index contributed by atoms with van der Waals surface area (Å²) in [6.07, 6.45) is 5.13. The monoisotopic (exact) mass is 474 g/mol. The second-order valence-corrected chi connectivity index (χ2v) is 8.28. The number of nitrogens with zero attached hydrogens (tertiary/aromatic N) is 3. The van der Waals surface area contributed by atoms with Crippen molar-refractivity contribution in [2.75, 3.05) is 5.75 Å². The first-order valence-corrected chi connectivity index (χ1v) is 11.4. The number of thioether (sulfide) groups is 1. The molecule has 0 bridgehead atoms. The van der Waals surface area contributed by atoms with Crippen LogP contribution in [0.2, 0.25) is 5.02 Å². The molecule has 0 aliphatic heterocycles. The molecule has 1 aromatic heterocycles. The minimum absolute atomic E-state index is 0.0398. The van der Waals surface area contributed by atoms with Crippen molar-refractivity contribution >= 4 is 52.5 Å². The Morgan fingerprint density at radius 1 is 1.03 bits per heavy atom. The van der Waals surface area contributed by atoms with Gasteiger partial charge in [0, 0.05) is 11.2 Å². The Balaban J connectivity index is 1.49. The van der Waals surface area contributed by atoms with Gasteiger partial charge in [0.25, 0.3) is 11.5 Å². The first kappa shape index (κ1) is 22.5. The van der Waals surface area contributed by atoms with Crippen LogP contribution < -0.4 is 11.0 Å². The van der Waals surface area contributed by atoms with E-state index in [1.54, 1.807) is 48.5 Å². The number of benzene rings is 3. The number of hydrazone groups is 1. The third kappa shape index (κ3) is 5.77. The van der Waals surface area contributed by atoms with Gasteiger partial charge in [-0.1, -0.05) is 71.9 Å². The van der Waals surface area contributed by atoms with Crippen molar-refractivity contribution in [2.45, 2.75) is 5.16 Å². The molecule has 4 aromatic rings. The molecule has 1 heterocycles. The number of carbonyl (C=O) groups excluding carboxylic acids is 1. The number of amides is 1. The Morgan fingerprint density at radius 2 is 1.76 bits per heavy atom. The van der Waals surface area contributed by atoms with Gasteiger partial charge in [-0.3, -0.25) is 14.2 Å². The van der Waals surface area contributed by atoms with Gasteiger partial charge >= 0.3 is 0 Å². The number of allylic oxidation sites excluding steroid dienone is 1. The largest absolute Gasteiger partial charge is 0.272 e. The van der Waals surface area contributed by atoms with Gasteiger partial charge in [-0.2, -0.15) is 5.10 Å². The molecular weight excluding hydrogens is 456 g/mol. The fourth-order valence-corrected chi connectivity index (χ4v) is 3.99. The summed E-state index contributed by atoms with van der Waals surface area (Å²) in [4.78, 5) is 30.1. The fourth-order valence-electron chi connectivity index (χ4n) is 3.06. The van der Waals surface area contributed by atoms with Gasteiger partial charge in [0.15, 0.2) is 5.16 Å². The normalized spacial score (nSPS) is 11.4. The molecule has 0 aliphatic carbocycles. The Hall–Kier alpha value is -3.68. The molecule has 8 heteroatoms. The topological polar surface area (TPSA) is 76.3 Å². The van der Waals surface area contributed by atoms with Crippen molar-refractivity contribution in [1.82, 2.24) is 15.0 Å². The summed E-state index contributed by atoms with van der Waals surface area (Å²) < 4.78 is 1.49. The van der Waals surface area contributed by atoms with Gasteiger partial charge in [-0.05, 0) is 48.0 Å². The quantitative estimate of drug-likeness (QED) is 0.178. The lowest BCUT2D eigenvalue weighted by molar-refractivity contribution is -0.118. The van der Waals surface area contributed by atoms with E-state index in [-0.39, 0.29) is 17.2 Å². The molecule has 0 radical (unpaired) electrons. The van der Waals surface area contributed by atoms with Crippen LogP contribution in [0.5, 0.6) is 0 Å². The van der Waals surface area contributed by atoms with Crippen molar-refractivity contribution in [1.29, 1.82) is 0 Å². The van der Waals surface area contributed by atoms with Crippen LogP contribution in [-0.4, -0.2) is 27.4 Å². The molecule has 164 valence electrons. The highest BCUT2D eigenvalue weighted by Crippen LogP contribution is 2.22. The fraction of sp³-hybridized carbons (Fsp3) is 0.0400. The Morgan fingerprint density at radius 3 is 2.55 bits per heavy atom. The Kier molecular flexibility index (Phi) is 7.34. The molecule has 4 rings (SSSR count). The van der Waals surface area contributed by atoms with Gasteiger partial charge in [0.05, 0.1) is 22.3 Å². The van der Waals surface area contributed by atoms with E-state index in [4.69, 9.17) is 11.6 Å². The Labute approximate surface area is 199 Å². The van der Waals surface area contributed by atoms with Crippen LogP contribution >= 0.6 is 23.4 Å². The Bertz CT molecular complexity index is 1380. The van der Waals surface area contributed by atoms with Crippen molar-refractivity contribution < 1.29 is 4.79 Å². The average molecular weight is 475 g/mol. The molecule has 6 nitrogen and oxygen atoms in total. The second-order valence-electron chi connectivity index (χ2n) is 6.90. The molecule has 0 fully saturated rings. The summed E-state index contributed by atoms with van der Waals surface area (Å²) in [7, 11) is 0. The molecule has 0 saturated carbocycles. The van der Waals surface area contributed by atoms with Crippen LogP contribution in [0.1, 0.15) is 5.56 Å². The number of aromatic nitrogens is 2. The van der Waals surface area contributed by atoms with Crippen LogP contribution in [0, 0.1) is 0 Å². The minimum Gasteiger partial charge on any atom is -0.272 e. The highest BCUT2D eigenvalue weighted by atomic mass is 35.5. The minimum atomic E-state index is -0.311. The molecule has 0 spiro atoms. The molecule has 0 aliphatic rings. The van der Waals surface area contributed by atoms with E-state index in [1.807, 2.05) is 42.5 Å². The van der Waals surface area contributed by atoms with E-state index >= 15 is 0 Å². The molecule has 1 N–H and O–H groups in total. The zero-order chi connectivity index (χ0) is 23.0. The van der Waals surface area contributed by atoms with E-state index in [2.05, 4.69) is 15.5 Å². The predicted octanol–water partition coefficient (Wildman–Crippen LogP) is 4.95. The van der Waals surface area contributed by atoms with Gasteiger partial charge in [0.2, 0.25) is 0 Å². The summed E-state index contributed by atoms with van der Waals surface area (Å²) >= 11 is 7.16. The van der Waals surface area contributed by atoms with Crippen LogP contribution in [0.15, 0.2) is 100.0 Å². The van der Waals surface area contributed by atoms with Crippen LogP contribution in [-0.2, 0) is 4.79 Å². The first-order chi connectivity index (χ1) is 16.1. The molecule has 0 atom stereocenters. The van der Waals surface area contributed by atoms with Gasteiger partial charge in [0.1, 0.15) is 0 Å². The number of halogens is 1. The van der Waals surface area contributed by atoms with E-state index in [1.165, 1.54) is 10.8 Å². The third-order valence-electron chi connectivity index (χ3n) is 4.60. The highest BCUT2D eigenvalue weighted by Gasteiger charge is 2.14. The van der Waals surface area contributed by atoms with Crippen molar-refractivity contribution in [3.63, 3.8) is 0 Å². The summed E-state index contributed by atoms with van der Waals surface area (Å²) in [5.41, 5.74) is 4.50. The summed E-state index contributed by atoms with van der Waals surface area (Å²) in [6.45, 7) is 0. The van der Waals surface area contributed by atoms with Crippen molar-refractivity contribution in [3.05, 3.63) is 106 Å². The summed E-state index contributed by atoms with van der Waals surface area (Å²) in [5, 5.41) is 5.39. The summed E-state index contributed by atoms with van der Waals surface area (Å²) in [6, 6.07) is 23.8. The summed E-state index contributed by atoms with van der Waals surface area (Å²) in [5.74, 6) is -0.271. The SMILES string of the molecule is O=C(CSc1nc2ccccc2c(=O)n1-c1ccc(Cl)cc1)N/N=C\C=C\c1ccccc1. The first-order valence-electron chi connectivity index (χ1n) is 10.1. The van der Waals surface area contributed by atoms with Crippen molar-refractivity contribution in [3.8, 4) is 5.69 Å². The van der Waals surface area contributed by atoms with Crippen LogP contribution in [0.25, 0.3) is 22.7 Å². The lowest BCUT2D eigenvalue weighted by atomic mass is 10.2. The maximum Gasteiger partial charge on any atom is 0.266 e. The highest BCUT2D eigenvalue weighted by molar-refractivity contribution is 7.99. The maximum atomic E-state index is 13.2. The molecule has 3 aromatic carbocycles. The lowest BCUT2D eigenvalue weighted by Crippen LogP contribution is -2.24. The number of para-hydroxylation sites is 1. The van der Waals surface area contributed by atoms with Gasteiger partial charge < -0.3 is 0 Å². The number of rotatable bonds is 7. The van der Waals surface area contributed by atoms with Crippen LogP contribution in [0.3, 0.4) is 0 Å². The molecule has 33 heavy (non-hydrogen) atoms. The van der Waals surface area contributed by atoms with E-state index in [9.17, 15) is 9.59 Å². The lowest BCUT2D eigenvalue weighted by Gasteiger charge is -2.13. The number of hydrogen-bond donors (Lipinski definition) is 1. The maximum absolute atomic E-state index is 13.2. The smallest absolute Gasteiger partial charge is 0.266 e. The van der Waals surface area contributed by atoms with Gasteiger partial charge in [-0.15, -0.1) is 0 Å². The van der Waals surface area contributed by atoms with Crippen molar-refractivity contribution in [2.24, 2.45) is 5.10 Å². The number of fused-ring (bicyclic) bond motifs is 1. The number of hydrogen-bond acceptors (Lipinski definition) is 5. The van der Waals surface area contributed by atoms with Gasteiger partial charge in [-0.25, -0.2) is 10.4 Å². The van der Waals surface area contributed by atoms with E-state index < -0.39 is 0 Å². The van der Waals surface area contributed by atoms with E-state index in [0.717, 1.165) is 17.3 Å². The number of carbonyl (C=O) groups is 1. The average Bonchev–Trinajstić information content (AvgIpc) is 2.84. The van der Waals surface area contributed by atoms with E-state index in [0.29, 0.717) is 26.8 Å². The third-order valence-corrected chi connectivity index (χ3v) is 5.79. The molecule has 1 amide bonds. The molecular formula is C25H19ClN4O2S. The predicted molar refractivity (Wildman–Crippen MR) is 135 cm³/mol. The zero-order valence-corrected chi connectivity index (χ0v) is 19.0. The molecule has 0 unspecified atom stereocenters.